The number of hydrogen-bond donors (Lipinski definition) is 1. The smallest absolute Gasteiger partial charge is 0.124 e. The van der Waals surface area contributed by atoms with Crippen LogP contribution in [-0.4, -0.2) is 17.3 Å². The second-order valence-electron chi connectivity index (χ2n) is 4.11. The van der Waals surface area contributed by atoms with E-state index in [9.17, 15) is 5.11 Å². The van der Waals surface area contributed by atoms with Gasteiger partial charge in [-0.15, -0.1) is 0 Å². The van der Waals surface area contributed by atoms with Gasteiger partial charge in [-0.1, -0.05) is 6.92 Å². The molecule has 0 amide bonds. The first kappa shape index (κ1) is 9.07. The maximum atomic E-state index is 10.4. The van der Waals surface area contributed by atoms with Gasteiger partial charge in [0.2, 0.25) is 0 Å². The van der Waals surface area contributed by atoms with Crippen molar-refractivity contribution in [2.45, 2.75) is 44.6 Å². The highest BCUT2D eigenvalue weighted by atomic mass is 16.5. The van der Waals surface area contributed by atoms with Gasteiger partial charge in [-0.05, 0) is 44.1 Å². The molecule has 0 aromatic rings. The lowest BCUT2D eigenvalue weighted by molar-refractivity contribution is -0.0156. The second kappa shape index (κ2) is 3.33. The van der Waals surface area contributed by atoms with Crippen molar-refractivity contribution in [3.8, 4) is 0 Å². The van der Waals surface area contributed by atoms with Crippen LogP contribution in [0.2, 0.25) is 0 Å². The summed E-state index contributed by atoms with van der Waals surface area (Å²) in [6.45, 7) is 2.82. The van der Waals surface area contributed by atoms with E-state index in [0.29, 0.717) is 5.92 Å². The predicted octanol–water partition coefficient (Wildman–Crippen LogP) is 2.23. The van der Waals surface area contributed by atoms with Crippen LogP contribution in [0, 0.1) is 5.92 Å². The molecular formula is C11H18O2. The van der Waals surface area contributed by atoms with E-state index in [2.05, 4.69) is 6.08 Å². The normalized spacial score (nSPS) is 27.4. The minimum atomic E-state index is -0.638. The van der Waals surface area contributed by atoms with Crippen LogP contribution >= 0.6 is 0 Å². The van der Waals surface area contributed by atoms with Crippen LogP contribution in [-0.2, 0) is 4.74 Å². The zero-order valence-electron chi connectivity index (χ0n) is 8.25. The Morgan fingerprint density at radius 2 is 2.38 bits per heavy atom. The van der Waals surface area contributed by atoms with Crippen molar-refractivity contribution in [2.24, 2.45) is 5.92 Å². The molecule has 2 heteroatoms. The molecule has 0 saturated heterocycles. The Hall–Kier alpha value is -0.500. The predicted molar refractivity (Wildman–Crippen MR) is 51.2 cm³/mol. The third kappa shape index (κ3) is 1.60. The van der Waals surface area contributed by atoms with Gasteiger partial charge in [0.25, 0.3) is 0 Å². The highest BCUT2D eigenvalue weighted by Crippen LogP contribution is 2.46. The lowest BCUT2D eigenvalue weighted by atomic mass is 9.90. The van der Waals surface area contributed by atoms with E-state index in [4.69, 9.17) is 4.74 Å². The fourth-order valence-electron chi connectivity index (χ4n) is 2.08. The topological polar surface area (TPSA) is 29.5 Å². The molecule has 1 aliphatic heterocycles. The van der Waals surface area contributed by atoms with Gasteiger partial charge in [0.05, 0.1) is 6.61 Å². The number of aliphatic hydroxyl groups is 1. The van der Waals surface area contributed by atoms with Gasteiger partial charge in [0.1, 0.15) is 11.4 Å². The van der Waals surface area contributed by atoms with Crippen molar-refractivity contribution in [1.82, 2.24) is 0 Å². The molecule has 0 spiro atoms. The van der Waals surface area contributed by atoms with Crippen molar-refractivity contribution >= 4 is 0 Å². The standard InChI is InChI=1S/C11H18O2/c1-2-11(12,9-6-7-9)10-5-3-4-8-13-10/h5,9,12H,2-4,6-8H2,1H3. The average Bonchev–Trinajstić information content (AvgIpc) is 3.02. The molecular weight excluding hydrogens is 164 g/mol. The van der Waals surface area contributed by atoms with Gasteiger partial charge in [0, 0.05) is 0 Å². The third-order valence-corrected chi connectivity index (χ3v) is 3.15. The summed E-state index contributed by atoms with van der Waals surface area (Å²) < 4.78 is 5.55. The zero-order valence-corrected chi connectivity index (χ0v) is 8.25. The third-order valence-electron chi connectivity index (χ3n) is 3.15. The van der Waals surface area contributed by atoms with E-state index in [1.165, 1.54) is 0 Å². The molecule has 0 bridgehead atoms. The highest BCUT2D eigenvalue weighted by Gasteiger charge is 2.46. The average molecular weight is 182 g/mol. The summed E-state index contributed by atoms with van der Waals surface area (Å²) in [6.07, 6.45) is 7.32. The number of hydrogen-bond acceptors (Lipinski definition) is 2. The van der Waals surface area contributed by atoms with E-state index < -0.39 is 5.60 Å². The van der Waals surface area contributed by atoms with E-state index in [0.717, 1.165) is 44.5 Å². The molecule has 1 aliphatic carbocycles. The van der Waals surface area contributed by atoms with Crippen LogP contribution in [0.3, 0.4) is 0 Å². The summed E-state index contributed by atoms with van der Waals surface area (Å²) in [5, 5.41) is 10.4. The summed E-state index contributed by atoms with van der Waals surface area (Å²) >= 11 is 0. The molecule has 2 nitrogen and oxygen atoms in total. The van der Waals surface area contributed by atoms with Gasteiger partial charge in [-0.2, -0.15) is 0 Å². The van der Waals surface area contributed by atoms with E-state index >= 15 is 0 Å². The Morgan fingerprint density at radius 1 is 1.62 bits per heavy atom. The lowest BCUT2D eigenvalue weighted by Crippen LogP contribution is -2.35. The molecule has 0 aromatic heterocycles. The quantitative estimate of drug-likeness (QED) is 0.725. The Balaban J connectivity index is 2.13. The number of ether oxygens (including phenoxy) is 1. The summed E-state index contributed by atoms with van der Waals surface area (Å²) in [6, 6.07) is 0. The van der Waals surface area contributed by atoms with Crippen LogP contribution < -0.4 is 0 Å². The van der Waals surface area contributed by atoms with Crippen LogP contribution in [0.4, 0.5) is 0 Å². The summed E-state index contributed by atoms with van der Waals surface area (Å²) in [4.78, 5) is 0. The number of allylic oxidation sites excluding steroid dienone is 1. The maximum absolute atomic E-state index is 10.4. The van der Waals surface area contributed by atoms with Crippen LogP contribution in [0.15, 0.2) is 11.8 Å². The highest BCUT2D eigenvalue weighted by molar-refractivity contribution is 5.16. The molecule has 1 N–H and O–H groups in total. The van der Waals surface area contributed by atoms with Gasteiger partial charge in [0.15, 0.2) is 0 Å². The Kier molecular flexibility index (Phi) is 2.33. The lowest BCUT2D eigenvalue weighted by Gasteiger charge is -2.31. The first-order valence-corrected chi connectivity index (χ1v) is 5.33. The SMILES string of the molecule is CCC(O)(C1=CCCCO1)C1CC1. The van der Waals surface area contributed by atoms with Crippen LogP contribution in [0.25, 0.3) is 0 Å². The molecule has 2 rings (SSSR count). The Labute approximate surface area is 79.6 Å². The summed E-state index contributed by atoms with van der Waals surface area (Å²) in [5.74, 6) is 1.31. The summed E-state index contributed by atoms with van der Waals surface area (Å²) in [5.41, 5.74) is -0.638. The molecule has 13 heavy (non-hydrogen) atoms. The van der Waals surface area contributed by atoms with Crippen LogP contribution in [0.5, 0.6) is 0 Å². The largest absolute Gasteiger partial charge is 0.495 e. The van der Waals surface area contributed by atoms with Crippen molar-refractivity contribution in [2.75, 3.05) is 6.61 Å². The molecule has 1 atom stereocenters. The molecule has 1 saturated carbocycles. The number of rotatable bonds is 3. The van der Waals surface area contributed by atoms with Crippen molar-refractivity contribution in [1.29, 1.82) is 0 Å². The van der Waals surface area contributed by atoms with Gasteiger partial charge < -0.3 is 9.84 Å². The van der Waals surface area contributed by atoms with Gasteiger partial charge >= 0.3 is 0 Å². The molecule has 1 heterocycles. The van der Waals surface area contributed by atoms with E-state index in [1.807, 2.05) is 6.92 Å². The monoisotopic (exact) mass is 182 g/mol. The zero-order chi connectivity index (χ0) is 9.31. The maximum Gasteiger partial charge on any atom is 0.124 e. The molecule has 0 aromatic carbocycles. The Bertz CT molecular complexity index is 218. The second-order valence-corrected chi connectivity index (χ2v) is 4.11. The molecule has 1 unspecified atom stereocenters. The minimum Gasteiger partial charge on any atom is -0.495 e. The van der Waals surface area contributed by atoms with E-state index in [-0.39, 0.29) is 0 Å². The summed E-state index contributed by atoms with van der Waals surface area (Å²) in [7, 11) is 0. The van der Waals surface area contributed by atoms with E-state index in [1.54, 1.807) is 0 Å². The first-order valence-electron chi connectivity index (χ1n) is 5.33. The minimum absolute atomic E-state index is 0.460. The first-order chi connectivity index (χ1) is 6.27. The molecule has 2 aliphatic rings. The fraction of sp³-hybridized carbons (Fsp3) is 0.818. The molecule has 74 valence electrons. The fourth-order valence-corrected chi connectivity index (χ4v) is 2.08. The van der Waals surface area contributed by atoms with Crippen molar-refractivity contribution < 1.29 is 9.84 Å². The van der Waals surface area contributed by atoms with Crippen molar-refractivity contribution in [3.05, 3.63) is 11.8 Å². The van der Waals surface area contributed by atoms with Gasteiger partial charge in [-0.3, -0.25) is 0 Å². The van der Waals surface area contributed by atoms with Crippen molar-refractivity contribution in [3.63, 3.8) is 0 Å². The Morgan fingerprint density at radius 3 is 2.85 bits per heavy atom. The molecule has 0 radical (unpaired) electrons. The molecule has 1 fully saturated rings. The van der Waals surface area contributed by atoms with Crippen LogP contribution in [0.1, 0.15) is 39.0 Å². The van der Waals surface area contributed by atoms with Gasteiger partial charge in [-0.25, -0.2) is 0 Å².